The van der Waals surface area contributed by atoms with Gasteiger partial charge in [0.25, 0.3) is 0 Å². The van der Waals surface area contributed by atoms with Crippen molar-refractivity contribution in [3.63, 3.8) is 0 Å². The molecule has 0 amide bonds. The Bertz CT molecular complexity index is 468. The summed E-state index contributed by atoms with van der Waals surface area (Å²) in [5.74, 6) is -0.381. The van der Waals surface area contributed by atoms with Crippen molar-refractivity contribution in [1.29, 1.82) is 0 Å². The van der Waals surface area contributed by atoms with Crippen LogP contribution in [0.25, 0.3) is 0 Å². The first-order chi connectivity index (χ1) is 11.2. The molecule has 0 atom stereocenters. The zero-order valence-corrected chi connectivity index (χ0v) is 14.4. The fourth-order valence-corrected chi connectivity index (χ4v) is 2.37. The largest absolute Gasteiger partial charge is 0.469 e. The van der Waals surface area contributed by atoms with Gasteiger partial charge in [-0.1, -0.05) is 39.0 Å². The van der Waals surface area contributed by atoms with Crippen molar-refractivity contribution in [1.82, 2.24) is 0 Å². The van der Waals surface area contributed by atoms with Gasteiger partial charge in [-0.25, -0.2) is 0 Å². The number of unbranched alkanes of at least 4 members (excludes halogenated alkanes) is 5. The molecule has 23 heavy (non-hydrogen) atoms. The van der Waals surface area contributed by atoms with Crippen molar-refractivity contribution in [2.75, 3.05) is 19.0 Å². The zero-order chi connectivity index (χ0) is 16.9. The molecule has 0 unspecified atom stereocenters. The van der Waals surface area contributed by atoms with Crippen LogP contribution in [0.4, 0.5) is 5.69 Å². The Morgan fingerprint density at radius 3 is 2.26 bits per heavy atom. The molecule has 1 rings (SSSR count). The summed E-state index contributed by atoms with van der Waals surface area (Å²) >= 11 is 0. The minimum Gasteiger partial charge on any atom is -0.469 e. The normalized spacial score (nSPS) is 10.3. The lowest BCUT2D eigenvalue weighted by molar-refractivity contribution is -0.140. The number of ketones is 1. The quantitative estimate of drug-likeness (QED) is 0.348. The number of anilines is 1. The minimum absolute atomic E-state index is 0.0297. The van der Waals surface area contributed by atoms with E-state index >= 15 is 0 Å². The van der Waals surface area contributed by atoms with Gasteiger partial charge in [0.05, 0.1) is 13.5 Å². The van der Waals surface area contributed by atoms with E-state index in [1.165, 1.54) is 45.6 Å². The smallest absolute Gasteiger partial charge is 0.305 e. The van der Waals surface area contributed by atoms with Crippen molar-refractivity contribution in [2.24, 2.45) is 0 Å². The standard InChI is InChI=1S/C19H29NO3/c1-3-4-5-6-7-8-15-20-17-11-9-16(10-12-17)18(21)13-14-19(22)23-2/h9-12,20H,3-8,13-15H2,1-2H3. The highest BCUT2D eigenvalue weighted by atomic mass is 16.5. The fraction of sp³-hybridized carbons (Fsp3) is 0.579. The summed E-state index contributed by atoms with van der Waals surface area (Å²) in [6.45, 7) is 3.19. The molecule has 128 valence electrons. The molecule has 0 fully saturated rings. The summed E-state index contributed by atoms with van der Waals surface area (Å²) in [4.78, 5) is 23.0. The number of ether oxygens (including phenoxy) is 1. The average molecular weight is 319 g/mol. The van der Waals surface area contributed by atoms with Gasteiger partial charge in [0.15, 0.2) is 5.78 Å². The summed E-state index contributed by atoms with van der Waals surface area (Å²) in [6, 6.07) is 7.46. The van der Waals surface area contributed by atoms with Crippen molar-refractivity contribution in [3.8, 4) is 0 Å². The van der Waals surface area contributed by atoms with E-state index in [9.17, 15) is 9.59 Å². The number of hydrogen-bond donors (Lipinski definition) is 1. The second-order valence-electron chi connectivity index (χ2n) is 5.77. The van der Waals surface area contributed by atoms with Gasteiger partial charge in [0.2, 0.25) is 0 Å². The van der Waals surface area contributed by atoms with E-state index < -0.39 is 0 Å². The average Bonchev–Trinajstić information content (AvgIpc) is 2.59. The molecule has 0 aliphatic carbocycles. The third-order valence-corrected chi connectivity index (χ3v) is 3.85. The Balaban J connectivity index is 2.25. The molecule has 0 aliphatic rings. The number of carbonyl (C=O) groups excluding carboxylic acids is 2. The molecule has 0 heterocycles. The first-order valence-electron chi connectivity index (χ1n) is 8.61. The number of nitrogens with one attached hydrogen (secondary N) is 1. The predicted octanol–water partition coefficient (Wildman–Crippen LogP) is 4.59. The van der Waals surface area contributed by atoms with Crippen molar-refractivity contribution in [2.45, 2.75) is 58.3 Å². The van der Waals surface area contributed by atoms with Crippen molar-refractivity contribution in [3.05, 3.63) is 29.8 Å². The Labute approximate surface area is 139 Å². The van der Waals surface area contributed by atoms with Crippen molar-refractivity contribution >= 4 is 17.4 Å². The molecule has 0 saturated carbocycles. The maximum absolute atomic E-state index is 11.9. The highest BCUT2D eigenvalue weighted by molar-refractivity contribution is 5.97. The van der Waals surface area contributed by atoms with Gasteiger partial charge < -0.3 is 10.1 Å². The molecule has 0 spiro atoms. The lowest BCUT2D eigenvalue weighted by Crippen LogP contribution is -2.06. The molecular weight excluding hydrogens is 290 g/mol. The van der Waals surface area contributed by atoms with Gasteiger partial charge in [-0.15, -0.1) is 0 Å². The van der Waals surface area contributed by atoms with E-state index in [4.69, 9.17) is 0 Å². The number of rotatable bonds is 12. The lowest BCUT2D eigenvalue weighted by Gasteiger charge is -2.07. The molecule has 4 nitrogen and oxygen atoms in total. The minimum atomic E-state index is -0.351. The molecule has 0 saturated heterocycles. The Kier molecular flexibility index (Phi) is 9.76. The van der Waals surface area contributed by atoms with Crippen LogP contribution in [0, 0.1) is 0 Å². The summed E-state index contributed by atoms with van der Waals surface area (Å²) in [5, 5.41) is 3.38. The van der Waals surface area contributed by atoms with Crippen LogP contribution in [0.3, 0.4) is 0 Å². The summed E-state index contributed by atoms with van der Waals surface area (Å²) < 4.78 is 4.54. The zero-order valence-electron chi connectivity index (χ0n) is 14.4. The van der Waals surface area contributed by atoms with Crippen LogP contribution >= 0.6 is 0 Å². The van der Waals surface area contributed by atoms with Gasteiger partial charge >= 0.3 is 5.97 Å². The first kappa shape index (κ1) is 19.2. The van der Waals surface area contributed by atoms with E-state index in [2.05, 4.69) is 17.0 Å². The van der Waals surface area contributed by atoms with Crippen LogP contribution in [0.5, 0.6) is 0 Å². The van der Waals surface area contributed by atoms with Crippen LogP contribution in [0.1, 0.15) is 68.6 Å². The highest BCUT2D eigenvalue weighted by Crippen LogP contribution is 2.13. The van der Waals surface area contributed by atoms with E-state index in [0.717, 1.165) is 12.2 Å². The number of carbonyl (C=O) groups is 2. The third-order valence-electron chi connectivity index (χ3n) is 3.85. The maximum Gasteiger partial charge on any atom is 0.305 e. The first-order valence-corrected chi connectivity index (χ1v) is 8.61. The number of hydrogen-bond acceptors (Lipinski definition) is 4. The van der Waals surface area contributed by atoms with E-state index in [-0.39, 0.29) is 24.6 Å². The predicted molar refractivity (Wildman–Crippen MR) is 93.9 cm³/mol. The Hall–Kier alpha value is -1.84. The van der Waals surface area contributed by atoms with Crippen LogP contribution in [0.15, 0.2) is 24.3 Å². The Morgan fingerprint density at radius 1 is 0.957 bits per heavy atom. The summed E-state index contributed by atoms with van der Waals surface area (Å²) in [7, 11) is 1.33. The summed E-state index contributed by atoms with van der Waals surface area (Å²) in [6.07, 6.45) is 8.01. The second kappa shape index (κ2) is 11.7. The van der Waals surface area contributed by atoms with Gasteiger partial charge in [0.1, 0.15) is 0 Å². The molecule has 1 aromatic rings. The molecule has 0 aromatic heterocycles. The topological polar surface area (TPSA) is 55.4 Å². The lowest BCUT2D eigenvalue weighted by atomic mass is 10.1. The second-order valence-corrected chi connectivity index (χ2v) is 5.77. The van der Waals surface area contributed by atoms with Crippen LogP contribution in [-0.4, -0.2) is 25.4 Å². The van der Waals surface area contributed by atoms with Gasteiger partial charge in [0, 0.05) is 24.2 Å². The number of Topliss-reactive ketones (excluding diaryl/α,β-unsaturated/α-hetero) is 1. The third kappa shape index (κ3) is 8.38. The molecule has 4 heteroatoms. The monoisotopic (exact) mass is 319 g/mol. The molecular formula is C19H29NO3. The van der Waals surface area contributed by atoms with Gasteiger partial charge in [-0.05, 0) is 30.7 Å². The maximum atomic E-state index is 11.9. The van der Waals surface area contributed by atoms with Gasteiger partial charge in [-0.2, -0.15) is 0 Å². The van der Waals surface area contributed by atoms with E-state index in [0.29, 0.717) is 5.56 Å². The molecule has 1 aromatic carbocycles. The SMILES string of the molecule is CCCCCCCCNc1ccc(C(=O)CCC(=O)OC)cc1. The Morgan fingerprint density at radius 2 is 1.61 bits per heavy atom. The highest BCUT2D eigenvalue weighted by Gasteiger charge is 2.09. The van der Waals surface area contributed by atoms with Crippen LogP contribution in [-0.2, 0) is 9.53 Å². The number of benzene rings is 1. The molecule has 0 aliphatic heterocycles. The van der Waals surface area contributed by atoms with E-state index in [1.807, 2.05) is 24.3 Å². The summed E-state index contributed by atoms with van der Waals surface area (Å²) in [5.41, 5.74) is 1.67. The molecule has 1 N–H and O–H groups in total. The van der Waals surface area contributed by atoms with Crippen LogP contribution in [0.2, 0.25) is 0 Å². The van der Waals surface area contributed by atoms with Gasteiger partial charge in [-0.3, -0.25) is 9.59 Å². The number of esters is 1. The van der Waals surface area contributed by atoms with Crippen LogP contribution < -0.4 is 5.32 Å². The van der Waals surface area contributed by atoms with E-state index in [1.54, 1.807) is 0 Å². The molecule has 0 bridgehead atoms. The number of methoxy groups -OCH3 is 1. The van der Waals surface area contributed by atoms with Crippen molar-refractivity contribution < 1.29 is 14.3 Å². The fourth-order valence-electron chi connectivity index (χ4n) is 2.37. The molecule has 0 radical (unpaired) electrons.